The minimum atomic E-state index is -0.280. The fourth-order valence-electron chi connectivity index (χ4n) is 1.37. The largest absolute Gasteiger partial charge is 0.330 e. The van der Waals surface area contributed by atoms with E-state index in [1.54, 1.807) is 7.05 Å². The molecule has 0 fully saturated rings. The first-order chi connectivity index (χ1) is 7.57. The highest BCUT2D eigenvalue weighted by molar-refractivity contribution is 9.10. The second-order valence-corrected chi connectivity index (χ2v) is 4.35. The Bertz CT molecular complexity index is 465. The molecule has 0 bridgehead atoms. The normalized spacial score (nSPS) is 11.2. The summed E-state index contributed by atoms with van der Waals surface area (Å²) in [5, 5.41) is 0. The number of halogens is 1. The summed E-state index contributed by atoms with van der Waals surface area (Å²) in [6.07, 6.45) is 7.15. The van der Waals surface area contributed by atoms with Crippen LogP contribution in [0.4, 0.5) is 0 Å². The smallest absolute Gasteiger partial charge is 0.302 e. The number of hydrogen-bond acceptors (Lipinski definition) is 2. The van der Waals surface area contributed by atoms with Crippen LogP contribution in [0.3, 0.4) is 0 Å². The lowest BCUT2D eigenvalue weighted by Crippen LogP contribution is -2.38. The van der Waals surface area contributed by atoms with Crippen LogP contribution in [0.2, 0.25) is 0 Å². The SMILES string of the molecule is CCC=CCCn1c(=O)c(Br)cn(C)c1=O. The highest BCUT2D eigenvalue weighted by Crippen LogP contribution is 1.98. The lowest BCUT2D eigenvalue weighted by molar-refractivity contribution is 0.592. The van der Waals surface area contributed by atoms with E-state index in [-0.39, 0.29) is 11.2 Å². The third kappa shape index (κ3) is 2.95. The van der Waals surface area contributed by atoms with E-state index in [0.29, 0.717) is 17.4 Å². The summed E-state index contributed by atoms with van der Waals surface area (Å²) in [7, 11) is 1.63. The first-order valence-electron chi connectivity index (χ1n) is 5.19. The molecule has 0 radical (unpaired) electrons. The molecule has 0 saturated carbocycles. The molecule has 4 nitrogen and oxygen atoms in total. The molecule has 0 aromatic carbocycles. The summed E-state index contributed by atoms with van der Waals surface area (Å²) in [5.41, 5.74) is -0.550. The van der Waals surface area contributed by atoms with E-state index in [0.717, 1.165) is 6.42 Å². The Labute approximate surface area is 102 Å². The van der Waals surface area contributed by atoms with Gasteiger partial charge in [-0.15, -0.1) is 0 Å². The minimum Gasteiger partial charge on any atom is -0.302 e. The van der Waals surface area contributed by atoms with E-state index in [1.165, 1.54) is 15.3 Å². The highest BCUT2D eigenvalue weighted by Gasteiger charge is 2.06. The van der Waals surface area contributed by atoms with E-state index in [4.69, 9.17) is 0 Å². The van der Waals surface area contributed by atoms with Crippen molar-refractivity contribution < 1.29 is 0 Å². The van der Waals surface area contributed by atoms with Crippen LogP contribution in [0.15, 0.2) is 32.4 Å². The fraction of sp³-hybridized carbons (Fsp3) is 0.455. The van der Waals surface area contributed by atoms with Gasteiger partial charge in [0.25, 0.3) is 5.56 Å². The molecule has 0 aliphatic carbocycles. The maximum Gasteiger partial charge on any atom is 0.330 e. The first-order valence-corrected chi connectivity index (χ1v) is 5.98. The molecule has 0 atom stereocenters. The Balaban J connectivity index is 3.00. The predicted molar refractivity (Wildman–Crippen MR) is 67.7 cm³/mol. The molecule has 0 aliphatic rings. The molecule has 0 saturated heterocycles. The van der Waals surface area contributed by atoms with E-state index >= 15 is 0 Å². The summed E-state index contributed by atoms with van der Waals surface area (Å²) >= 11 is 3.14. The summed E-state index contributed by atoms with van der Waals surface area (Å²) in [5.74, 6) is 0. The number of allylic oxidation sites excluding steroid dienone is 2. The molecule has 0 amide bonds. The summed E-state index contributed by atoms with van der Waals surface area (Å²) in [4.78, 5) is 23.4. The second-order valence-electron chi connectivity index (χ2n) is 3.50. The first kappa shape index (κ1) is 13.0. The Morgan fingerprint density at radius 2 is 2.06 bits per heavy atom. The van der Waals surface area contributed by atoms with Gasteiger partial charge in [-0.3, -0.25) is 9.36 Å². The molecule has 0 aliphatic heterocycles. The van der Waals surface area contributed by atoms with Crippen molar-refractivity contribution in [2.75, 3.05) is 0 Å². The molecule has 1 aromatic rings. The molecule has 1 rings (SSSR count). The molecule has 5 heteroatoms. The van der Waals surface area contributed by atoms with Crippen molar-refractivity contribution in [2.24, 2.45) is 7.05 Å². The van der Waals surface area contributed by atoms with Crippen LogP contribution >= 0.6 is 15.9 Å². The molecule has 1 heterocycles. The highest BCUT2D eigenvalue weighted by atomic mass is 79.9. The number of hydrogen-bond donors (Lipinski definition) is 0. The van der Waals surface area contributed by atoms with Gasteiger partial charge in [0, 0.05) is 19.8 Å². The van der Waals surface area contributed by atoms with Gasteiger partial charge in [0.05, 0.1) is 4.47 Å². The lowest BCUT2D eigenvalue weighted by Gasteiger charge is -2.06. The van der Waals surface area contributed by atoms with E-state index in [1.807, 2.05) is 19.1 Å². The van der Waals surface area contributed by atoms with E-state index in [9.17, 15) is 9.59 Å². The number of rotatable bonds is 4. The van der Waals surface area contributed by atoms with Gasteiger partial charge in [-0.1, -0.05) is 19.1 Å². The van der Waals surface area contributed by atoms with Crippen LogP contribution in [-0.2, 0) is 13.6 Å². The molecule has 16 heavy (non-hydrogen) atoms. The average Bonchev–Trinajstić information content (AvgIpc) is 2.25. The van der Waals surface area contributed by atoms with Gasteiger partial charge in [0.2, 0.25) is 0 Å². The van der Waals surface area contributed by atoms with Gasteiger partial charge in [0.15, 0.2) is 0 Å². The predicted octanol–water partition coefficient (Wildman–Crippen LogP) is 1.67. The zero-order valence-corrected chi connectivity index (χ0v) is 11.0. The summed E-state index contributed by atoms with van der Waals surface area (Å²) in [6, 6.07) is 0. The van der Waals surface area contributed by atoms with Crippen LogP contribution in [-0.4, -0.2) is 9.13 Å². The van der Waals surface area contributed by atoms with Gasteiger partial charge in [-0.05, 0) is 28.8 Å². The Morgan fingerprint density at radius 3 is 2.69 bits per heavy atom. The average molecular weight is 287 g/mol. The minimum absolute atomic E-state index is 0.270. The Morgan fingerprint density at radius 1 is 1.38 bits per heavy atom. The van der Waals surface area contributed by atoms with Crippen LogP contribution in [0, 0.1) is 0 Å². The van der Waals surface area contributed by atoms with Gasteiger partial charge >= 0.3 is 5.69 Å². The molecule has 0 N–H and O–H groups in total. The van der Waals surface area contributed by atoms with Gasteiger partial charge < -0.3 is 4.57 Å². The molecule has 0 unspecified atom stereocenters. The summed E-state index contributed by atoms with van der Waals surface area (Å²) < 4.78 is 3.05. The number of aryl methyl sites for hydroxylation is 1. The molecular formula is C11H15BrN2O2. The van der Waals surface area contributed by atoms with Gasteiger partial charge in [-0.25, -0.2) is 4.79 Å². The molecule has 88 valence electrons. The molecule has 1 aromatic heterocycles. The monoisotopic (exact) mass is 286 g/mol. The van der Waals surface area contributed by atoms with Crippen LogP contribution in [0.5, 0.6) is 0 Å². The zero-order chi connectivity index (χ0) is 12.1. The van der Waals surface area contributed by atoms with Gasteiger partial charge in [-0.2, -0.15) is 0 Å². The Kier molecular flexibility index (Phi) is 4.73. The van der Waals surface area contributed by atoms with E-state index < -0.39 is 0 Å². The number of aromatic nitrogens is 2. The third-order valence-corrected chi connectivity index (χ3v) is 2.75. The lowest BCUT2D eigenvalue weighted by atomic mass is 10.3. The zero-order valence-electron chi connectivity index (χ0n) is 9.44. The Hall–Kier alpha value is -1.10. The van der Waals surface area contributed by atoms with Crippen molar-refractivity contribution in [1.29, 1.82) is 0 Å². The van der Waals surface area contributed by atoms with Crippen molar-refractivity contribution >= 4 is 15.9 Å². The van der Waals surface area contributed by atoms with E-state index in [2.05, 4.69) is 15.9 Å². The number of nitrogens with zero attached hydrogens (tertiary/aromatic N) is 2. The standard InChI is InChI=1S/C11H15BrN2O2/c1-3-4-5-6-7-14-10(15)9(12)8-13(2)11(14)16/h4-5,8H,3,6-7H2,1-2H3. The maximum atomic E-state index is 11.7. The molecular weight excluding hydrogens is 272 g/mol. The van der Waals surface area contributed by atoms with Crippen LogP contribution in [0.1, 0.15) is 19.8 Å². The maximum absolute atomic E-state index is 11.7. The van der Waals surface area contributed by atoms with Crippen molar-refractivity contribution in [3.05, 3.63) is 43.7 Å². The van der Waals surface area contributed by atoms with Crippen molar-refractivity contribution in [2.45, 2.75) is 26.3 Å². The van der Waals surface area contributed by atoms with Gasteiger partial charge in [0.1, 0.15) is 0 Å². The third-order valence-electron chi connectivity index (χ3n) is 2.21. The summed E-state index contributed by atoms with van der Waals surface area (Å²) in [6.45, 7) is 2.46. The van der Waals surface area contributed by atoms with Crippen molar-refractivity contribution in [1.82, 2.24) is 9.13 Å². The van der Waals surface area contributed by atoms with Crippen molar-refractivity contribution in [3.8, 4) is 0 Å². The fourth-order valence-corrected chi connectivity index (χ4v) is 1.89. The topological polar surface area (TPSA) is 44.0 Å². The molecule has 0 spiro atoms. The quantitative estimate of drug-likeness (QED) is 0.791. The van der Waals surface area contributed by atoms with Crippen LogP contribution in [0.25, 0.3) is 0 Å². The van der Waals surface area contributed by atoms with Crippen LogP contribution < -0.4 is 11.2 Å². The van der Waals surface area contributed by atoms with Crippen molar-refractivity contribution in [3.63, 3.8) is 0 Å². The second kappa shape index (κ2) is 5.84.